The smallest absolute Gasteiger partial charge is 0.303 e. The Balaban J connectivity index is 1.56. The number of rotatable bonds is 20. The van der Waals surface area contributed by atoms with Crippen molar-refractivity contribution in [1.29, 1.82) is 0 Å². The maximum Gasteiger partial charge on any atom is 0.303 e. The largest absolute Gasteiger partial charge is 0.504 e. The number of pyridine rings is 1. The van der Waals surface area contributed by atoms with E-state index in [2.05, 4.69) is 12.2 Å². The Bertz CT molecular complexity index is 2120. The van der Waals surface area contributed by atoms with E-state index in [9.17, 15) is 33.9 Å². The minimum Gasteiger partial charge on any atom is -0.504 e. The van der Waals surface area contributed by atoms with Crippen LogP contribution in [-0.2, 0) is 54.7 Å². The molecule has 0 aliphatic carbocycles. The van der Waals surface area contributed by atoms with Gasteiger partial charge in [0, 0.05) is 51.9 Å². The SMILES string of the molecule is CCCCCCCCOc1c(O)c2ccc(NC(=O)C=Cc3cc(OC)c(O[C@@H]4O[C@H](COC(C)=O)[C@@H](OC(C)=O)[C@H](OC(C)=O)[C@H]4OC(C)=O)c(OC)c3)cc2n(C)c1=O. The molecule has 1 amide bonds. The van der Waals surface area contributed by atoms with Gasteiger partial charge in [-0.25, -0.2) is 0 Å². The first-order chi connectivity index (χ1) is 29.1. The van der Waals surface area contributed by atoms with Gasteiger partial charge in [0.1, 0.15) is 12.7 Å². The molecule has 4 rings (SSSR count). The number of unbranched alkanes of at least 4 members (excludes halogenated alkanes) is 5. The molecule has 61 heavy (non-hydrogen) atoms. The van der Waals surface area contributed by atoms with Gasteiger partial charge in [0.2, 0.25) is 29.8 Å². The average Bonchev–Trinajstić information content (AvgIpc) is 3.20. The van der Waals surface area contributed by atoms with E-state index >= 15 is 0 Å². The van der Waals surface area contributed by atoms with Gasteiger partial charge in [0.25, 0.3) is 5.56 Å². The topological polar surface area (TPSA) is 223 Å². The van der Waals surface area contributed by atoms with Crippen LogP contribution < -0.4 is 29.8 Å². The lowest BCUT2D eigenvalue weighted by atomic mass is 9.98. The molecule has 0 saturated carbocycles. The normalized spacial score (nSPS) is 18.5. The van der Waals surface area contributed by atoms with Crippen molar-refractivity contribution in [2.75, 3.05) is 32.8 Å². The number of aromatic hydroxyl groups is 1. The molecule has 3 aromatic rings. The van der Waals surface area contributed by atoms with E-state index in [0.29, 0.717) is 28.8 Å². The monoisotopic (exact) mass is 854 g/mol. The summed E-state index contributed by atoms with van der Waals surface area (Å²) < 4.78 is 52.1. The fraction of sp³-hybridized carbons (Fsp3) is 0.488. The van der Waals surface area contributed by atoms with E-state index < -0.39 is 72.7 Å². The fourth-order valence-electron chi connectivity index (χ4n) is 6.63. The lowest BCUT2D eigenvalue weighted by Gasteiger charge is -2.44. The maximum absolute atomic E-state index is 13.1. The van der Waals surface area contributed by atoms with Crippen molar-refractivity contribution in [1.82, 2.24) is 4.57 Å². The summed E-state index contributed by atoms with van der Waals surface area (Å²) >= 11 is 0. The van der Waals surface area contributed by atoms with Crippen molar-refractivity contribution >= 4 is 52.5 Å². The van der Waals surface area contributed by atoms with Crippen molar-refractivity contribution in [3.63, 3.8) is 0 Å². The molecule has 5 atom stereocenters. The number of nitrogens with one attached hydrogen (secondary N) is 1. The van der Waals surface area contributed by atoms with Crippen LogP contribution in [0.3, 0.4) is 0 Å². The summed E-state index contributed by atoms with van der Waals surface area (Å²) in [6.07, 6.45) is 1.74. The summed E-state index contributed by atoms with van der Waals surface area (Å²) in [5.74, 6) is -3.96. The zero-order valence-electron chi connectivity index (χ0n) is 35.6. The molecule has 1 aliphatic rings. The van der Waals surface area contributed by atoms with Crippen molar-refractivity contribution in [2.45, 2.75) is 104 Å². The summed E-state index contributed by atoms with van der Waals surface area (Å²) in [5, 5.41) is 14.1. The Morgan fingerprint density at radius 1 is 0.803 bits per heavy atom. The van der Waals surface area contributed by atoms with Gasteiger partial charge in [-0.1, -0.05) is 39.0 Å². The number of amides is 1. The number of fused-ring (bicyclic) bond motifs is 1. The quantitative estimate of drug-likeness (QED) is 0.0652. The van der Waals surface area contributed by atoms with E-state index in [0.717, 1.165) is 59.8 Å². The number of nitrogens with zero attached hydrogens (tertiary/aromatic N) is 1. The first kappa shape index (κ1) is 47.4. The van der Waals surface area contributed by atoms with Crippen LogP contribution in [0.5, 0.6) is 28.7 Å². The first-order valence-corrected chi connectivity index (χ1v) is 19.8. The van der Waals surface area contributed by atoms with Crippen LogP contribution >= 0.6 is 0 Å². The Hall–Kier alpha value is -6.30. The van der Waals surface area contributed by atoms with Crippen LogP contribution in [-0.4, -0.2) is 97.6 Å². The zero-order valence-corrected chi connectivity index (χ0v) is 35.6. The lowest BCUT2D eigenvalue weighted by Crippen LogP contribution is -2.63. The molecule has 0 spiro atoms. The number of hydrogen-bond acceptors (Lipinski definition) is 16. The van der Waals surface area contributed by atoms with Crippen LogP contribution in [0.15, 0.2) is 41.2 Å². The summed E-state index contributed by atoms with van der Waals surface area (Å²) in [5.41, 5.74) is 0.625. The molecule has 1 aliphatic heterocycles. The summed E-state index contributed by atoms with van der Waals surface area (Å²) in [6.45, 7) is 6.45. The average molecular weight is 855 g/mol. The number of carbonyl (C=O) groups is 5. The van der Waals surface area contributed by atoms with E-state index in [1.807, 2.05) is 0 Å². The second-order valence-corrected chi connectivity index (χ2v) is 14.2. The second-order valence-electron chi connectivity index (χ2n) is 14.2. The van der Waals surface area contributed by atoms with Gasteiger partial charge in [-0.05, 0) is 48.4 Å². The number of benzene rings is 2. The highest BCUT2D eigenvalue weighted by molar-refractivity contribution is 6.03. The minimum absolute atomic E-state index is 0.0616. The number of carbonyl (C=O) groups excluding carboxylic acids is 5. The molecule has 18 nitrogen and oxygen atoms in total. The Labute approximate surface area is 352 Å². The van der Waals surface area contributed by atoms with Crippen molar-refractivity contribution < 1.29 is 71.7 Å². The molecule has 1 aromatic heterocycles. The molecule has 0 bridgehead atoms. The highest BCUT2D eigenvalue weighted by atomic mass is 16.7. The van der Waals surface area contributed by atoms with Gasteiger partial charge in [-0.3, -0.25) is 28.8 Å². The molecular formula is C43H54N2O16. The Kier molecular flexibility index (Phi) is 17.4. The minimum atomic E-state index is -1.58. The van der Waals surface area contributed by atoms with E-state index in [4.69, 9.17) is 42.6 Å². The molecule has 0 unspecified atom stereocenters. The van der Waals surface area contributed by atoms with Gasteiger partial charge in [-0.15, -0.1) is 0 Å². The molecule has 0 radical (unpaired) electrons. The number of methoxy groups -OCH3 is 2. The van der Waals surface area contributed by atoms with Crippen LogP contribution in [0.2, 0.25) is 0 Å². The van der Waals surface area contributed by atoms with E-state index in [-0.39, 0.29) is 28.7 Å². The molecule has 332 valence electrons. The molecule has 2 aromatic carbocycles. The number of aryl methyl sites for hydroxylation is 1. The van der Waals surface area contributed by atoms with Crippen LogP contribution in [0.1, 0.15) is 78.7 Å². The second kappa shape index (κ2) is 22.3. The first-order valence-electron chi connectivity index (χ1n) is 19.8. The summed E-state index contributed by atoms with van der Waals surface area (Å²) in [6, 6.07) is 7.75. The molecule has 1 fully saturated rings. The van der Waals surface area contributed by atoms with Crippen LogP contribution in [0, 0.1) is 0 Å². The van der Waals surface area contributed by atoms with E-state index in [1.54, 1.807) is 25.2 Å². The third-order valence-electron chi connectivity index (χ3n) is 9.43. The molecule has 2 N–H and O–H groups in total. The predicted molar refractivity (Wildman–Crippen MR) is 220 cm³/mol. The van der Waals surface area contributed by atoms with Gasteiger partial charge in [0.05, 0.1) is 26.3 Å². The van der Waals surface area contributed by atoms with Gasteiger partial charge in [0.15, 0.2) is 29.5 Å². The van der Waals surface area contributed by atoms with Crippen molar-refractivity contribution in [2.24, 2.45) is 7.05 Å². The standard InChI is InChI=1S/C43H54N2O16/c1-9-10-11-12-13-14-19-55-39-36(51)30-17-16-29(22-31(30)45(6)42(39)52)44-35(50)18-15-28-20-32(53-7)37(33(21-28)54-8)61-43-41(59-27(5)49)40(58-26(4)48)38(57-25(3)47)34(60-43)23-56-24(2)46/h15-18,20-22,34,38,40-41,43,51H,9-14,19,23H2,1-8H3,(H,44,50)/t34-,38-,40+,41-,43+/m1/s1. The molecular weight excluding hydrogens is 800 g/mol. The van der Waals surface area contributed by atoms with E-state index in [1.165, 1.54) is 49.5 Å². The summed E-state index contributed by atoms with van der Waals surface area (Å²) in [7, 11) is 4.23. The molecule has 18 heteroatoms. The molecule has 1 saturated heterocycles. The molecule has 2 heterocycles. The summed E-state index contributed by atoms with van der Waals surface area (Å²) in [4.78, 5) is 74.7. The van der Waals surface area contributed by atoms with Crippen LogP contribution in [0.25, 0.3) is 17.0 Å². The van der Waals surface area contributed by atoms with Crippen molar-refractivity contribution in [3.8, 4) is 28.7 Å². The number of ether oxygens (including phenoxy) is 9. The third kappa shape index (κ3) is 12.8. The van der Waals surface area contributed by atoms with Gasteiger partial charge >= 0.3 is 23.9 Å². The van der Waals surface area contributed by atoms with Crippen molar-refractivity contribution in [3.05, 3.63) is 52.3 Å². The number of esters is 4. The third-order valence-corrected chi connectivity index (χ3v) is 9.43. The van der Waals surface area contributed by atoms with Gasteiger partial charge < -0.3 is 57.6 Å². The maximum atomic E-state index is 13.1. The van der Waals surface area contributed by atoms with Crippen LogP contribution in [0.4, 0.5) is 5.69 Å². The fourth-order valence-corrected chi connectivity index (χ4v) is 6.63. The number of aromatic nitrogens is 1. The highest BCUT2D eigenvalue weighted by Crippen LogP contribution is 2.42. The highest BCUT2D eigenvalue weighted by Gasteiger charge is 2.53. The lowest BCUT2D eigenvalue weighted by molar-refractivity contribution is -0.288. The Morgan fingerprint density at radius 2 is 1.41 bits per heavy atom. The number of hydrogen-bond donors (Lipinski definition) is 2. The van der Waals surface area contributed by atoms with Gasteiger partial charge in [-0.2, -0.15) is 0 Å². The number of anilines is 1. The zero-order chi connectivity index (χ0) is 44.8. The Morgan fingerprint density at radius 3 is 2.02 bits per heavy atom. The predicted octanol–water partition coefficient (Wildman–Crippen LogP) is 5.11.